The number of nitrogens with zero attached hydrogens (tertiary/aromatic N) is 2. The van der Waals surface area contributed by atoms with Crippen molar-refractivity contribution in [2.45, 2.75) is 19.3 Å². The number of rotatable bonds is 3. The normalized spacial score (nSPS) is 15.8. The molecule has 1 saturated heterocycles. The molecule has 1 aliphatic heterocycles. The SMILES string of the molecule is CN(C)C=O.O=C(O)N1CCC(CCBr)CC1. The van der Waals surface area contributed by atoms with Crippen LogP contribution in [0.5, 0.6) is 0 Å². The smallest absolute Gasteiger partial charge is 0.407 e. The van der Waals surface area contributed by atoms with E-state index in [1.54, 1.807) is 14.1 Å². The van der Waals surface area contributed by atoms with E-state index in [9.17, 15) is 9.59 Å². The number of carbonyl (C=O) groups is 2. The molecular weight excluding hydrogens is 288 g/mol. The first kappa shape index (κ1) is 16.2. The van der Waals surface area contributed by atoms with Crippen LogP contribution in [0, 0.1) is 5.92 Å². The third-order valence-corrected chi connectivity index (χ3v) is 3.07. The average Bonchev–Trinajstić information content (AvgIpc) is 2.31. The molecule has 2 amide bonds. The van der Waals surface area contributed by atoms with Gasteiger partial charge in [0.25, 0.3) is 0 Å². The summed E-state index contributed by atoms with van der Waals surface area (Å²) in [6.45, 7) is 1.43. The minimum absolute atomic E-state index is 0.715. The molecule has 0 spiro atoms. The Morgan fingerprint density at radius 3 is 2.24 bits per heavy atom. The molecule has 17 heavy (non-hydrogen) atoms. The molecule has 5 nitrogen and oxygen atoms in total. The number of amides is 2. The van der Waals surface area contributed by atoms with Crippen LogP contribution >= 0.6 is 15.9 Å². The zero-order valence-corrected chi connectivity index (χ0v) is 12.0. The van der Waals surface area contributed by atoms with Gasteiger partial charge in [-0.05, 0) is 25.2 Å². The van der Waals surface area contributed by atoms with Crippen molar-refractivity contribution in [3.05, 3.63) is 0 Å². The Balaban J connectivity index is 0.000000437. The number of alkyl halides is 1. The second-order valence-electron chi connectivity index (χ2n) is 4.26. The molecule has 1 heterocycles. The highest BCUT2D eigenvalue weighted by atomic mass is 79.9. The lowest BCUT2D eigenvalue weighted by Crippen LogP contribution is -2.37. The van der Waals surface area contributed by atoms with Gasteiger partial charge < -0.3 is 14.9 Å². The number of hydrogen-bond donors (Lipinski definition) is 1. The van der Waals surface area contributed by atoms with Crippen LogP contribution in [0.4, 0.5) is 4.79 Å². The van der Waals surface area contributed by atoms with E-state index < -0.39 is 6.09 Å². The summed E-state index contributed by atoms with van der Waals surface area (Å²) >= 11 is 3.40. The maximum atomic E-state index is 10.5. The lowest BCUT2D eigenvalue weighted by atomic mass is 9.95. The van der Waals surface area contributed by atoms with Gasteiger partial charge in [-0.25, -0.2) is 4.79 Å². The number of hydrogen-bond acceptors (Lipinski definition) is 2. The van der Waals surface area contributed by atoms with Crippen LogP contribution in [0.2, 0.25) is 0 Å². The molecular formula is C11H21BrN2O3. The van der Waals surface area contributed by atoms with Crippen LogP contribution in [-0.2, 0) is 4.79 Å². The first-order chi connectivity index (χ1) is 8.01. The van der Waals surface area contributed by atoms with Gasteiger partial charge in [-0.15, -0.1) is 0 Å². The first-order valence-corrected chi connectivity index (χ1v) is 6.79. The largest absolute Gasteiger partial charge is 0.465 e. The molecule has 0 aliphatic carbocycles. The minimum Gasteiger partial charge on any atom is -0.465 e. The molecule has 0 aromatic carbocycles. The zero-order valence-electron chi connectivity index (χ0n) is 10.4. The number of halogens is 1. The van der Waals surface area contributed by atoms with Gasteiger partial charge in [0.05, 0.1) is 0 Å². The van der Waals surface area contributed by atoms with E-state index in [-0.39, 0.29) is 0 Å². The lowest BCUT2D eigenvalue weighted by molar-refractivity contribution is -0.115. The minimum atomic E-state index is -0.771. The number of carboxylic acid groups (broad SMARTS) is 1. The number of carbonyl (C=O) groups excluding carboxylic acids is 1. The van der Waals surface area contributed by atoms with Gasteiger partial charge in [-0.3, -0.25) is 4.79 Å². The fourth-order valence-corrected chi connectivity index (χ4v) is 2.21. The Labute approximate surface area is 111 Å². The summed E-state index contributed by atoms with van der Waals surface area (Å²) in [7, 11) is 3.38. The van der Waals surface area contributed by atoms with E-state index in [1.165, 1.54) is 16.2 Å². The maximum Gasteiger partial charge on any atom is 0.407 e. The van der Waals surface area contributed by atoms with Gasteiger partial charge in [-0.1, -0.05) is 15.9 Å². The molecule has 1 rings (SSSR count). The number of likely N-dealkylation sites (tertiary alicyclic amines) is 1. The molecule has 0 atom stereocenters. The standard InChI is InChI=1S/C8H14BrNO2.C3H7NO/c9-4-1-7-2-5-10(6-3-7)8(11)12;1-4(2)3-5/h7H,1-6H2,(H,11,12);3H,1-2H3. The monoisotopic (exact) mass is 308 g/mol. The predicted octanol–water partition coefficient (Wildman–Crippen LogP) is 1.87. The molecule has 1 aliphatic rings. The van der Waals surface area contributed by atoms with Gasteiger partial charge in [0.15, 0.2) is 0 Å². The van der Waals surface area contributed by atoms with Crippen molar-refractivity contribution >= 4 is 28.4 Å². The fourth-order valence-electron chi connectivity index (χ4n) is 1.57. The van der Waals surface area contributed by atoms with E-state index in [0.717, 1.165) is 30.5 Å². The Morgan fingerprint density at radius 2 is 1.94 bits per heavy atom. The molecule has 0 aromatic heterocycles. The van der Waals surface area contributed by atoms with Crippen LogP contribution < -0.4 is 0 Å². The van der Waals surface area contributed by atoms with Gasteiger partial charge in [0.2, 0.25) is 6.41 Å². The topological polar surface area (TPSA) is 60.9 Å². The summed E-state index contributed by atoms with van der Waals surface area (Å²) in [5.74, 6) is 0.722. The molecule has 0 radical (unpaired) electrons. The predicted molar refractivity (Wildman–Crippen MR) is 70.5 cm³/mol. The van der Waals surface area contributed by atoms with Gasteiger partial charge in [0.1, 0.15) is 0 Å². The summed E-state index contributed by atoms with van der Waals surface area (Å²) in [5.41, 5.74) is 0. The van der Waals surface area contributed by atoms with E-state index in [4.69, 9.17) is 5.11 Å². The second kappa shape index (κ2) is 9.27. The van der Waals surface area contributed by atoms with Gasteiger partial charge in [0, 0.05) is 32.5 Å². The Bertz CT molecular complexity index is 229. The molecule has 0 aromatic rings. The molecule has 1 fully saturated rings. The third-order valence-electron chi connectivity index (χ3n) is 2.61. The van der Waals surface area contributed by atoms with Crippen molar-refractivity contribution in [1.29, 1.82) is 0 Å². The van der Waals surface area contributed by atoms with E-state index in [0.29, 0.717) is 13.1 Å². The lowest BCUT2D eigenvalue weighted by Gasteiger charge is -2.29. The van der Waals surface area contributed by atoms with Crippen LogP contribution in [-0.4, -0.2) is 59.9 Å². The van der Waals surface area contributed by atoms with Crippen LogP contribution in [0.3, 0.4) is 0 Å². The van der Waals surface area contributed by atoms with Gasteiger partial charge in [-0.2, -0.15) is 0 Å². The number of piperidine rings is 1. The van der Waals surface area contributed by atoms with Crippen molar-refractivity contribution in [3.8, 4) is 0 Å². The zero-order chi connectivity index (χ0) is 13.3. The summed E-state index contributed by atoms with van der Waals surface area (Å²) in [4.78, 5) is 22.9. The molecule has 0 unspecified atom stereocenters. The summed E-state index contributed by atoms with van der Waals surface area (Å²) in [6, 6.07) is 0. The average molecular weight is 309 g/mol. The Morgan fingerprint density at radius 1 is 1.47 bits per heavy atom. The maximum absolute atomic E-state index is 10.5. The molecule has 1 N–H and O–H groups in total. The Kier molecular flexibility index (Phi) is 8.85. The summed E-state index contributed by atoms with van der Waals surface area (Å²) in [6.07, 6.45) is 3.20. The second-order valence-corrected chi connectivity index (χ2v) is 5.05. The fraction of sp³-hybridized carbons (Fsp3) is 0.818. The van der Waals surface area contributed by atoms with Crippen molar-refractivity contribution < 1.29 is 14.7 Å². The molecule has 0 bridgehead atoms. The highest BCUT2D eigenvalue weighted by Gasteiger charge is 2.21. The van der Waals surface area contributed by atoms with Crippen molar-refractivity contribution in [2.75, 3.05) is 32.5 Å². The third kappa shape index (κ3) is 8.01. The van der Waals surface area contributed by atoms with E-state index in [2.05, 4.69) is 15.9 Å². The van der Waals surface area contributed by atoms with E-state index >= 15 is 0 Å². The van der Waals surface area contributed by atoms with Crippen molar-refractivity contribution in [1.82, 2.24) is 9.80 Å². The van der Waals surface area contributed by atoms with E-state index in [1.807, 2.05) is 0 Å². The van der Waals surface area contributed by atoms with Gasteiger partial charge >= 0.3 is 6.09 Å². The van der Waals surface area contributed by atoms with Crippen molar-refractivity contribution in [2.24, 2.45) is 5.92 Å². The molecule has 100 valence electrons. The highest BCUT2D eigenvalue weighted by molar-refractivity contribution is 9.09. The molecule has 0 saturated carbocycles. The highest BCUT2D eigenvalue weighted by Crippen LogP contribution is 2.20. The van der Waals surface area contributed by atoms with Crippen LogP contribution in [0.15, 0.2) is 0 Å². The molecule has 6 heteroatoms. The summed E-state index contributed by atoms with van der Waals surface area (Å²) in [5, 5.41) is 9.70. The first-order valence-electron chi connectivity index (χ1n) is 5.66. The van der Waals surface area contributed by atoms with Crippen LogP contribution in [0.1, 0.15) is 19.3 Å². The van der Waals surface area contributed by atoms with Crippen LogP contribution in [0.25, 0.3) is 0 Å². The van der Waals surface area contributed by atoms with Crippen molar-refractivity contribution in [3.63, 3.8) is 0 Å². The summed E-state index contributed by atoms with van der Waals surface area (Å²) < 4.78 is 0. The Hall–Kier alpha value is -0.780. The quantitative estimate of drug-likeness (QED) is 0.639.